The molecule has 0 aliphatic rings. The van der Waals surface area contributed by atoms with Crippen molar-refractivity contribution < 1.29 is 28.5 Å². The summed E-state index contributed by atoms with van der Waals surface area (Å²) >= 11 is 0. The number of hydrogen-bond acceptors (Lipinski definition) is 7. The maximum Gasteiger partial charge on any atom is 0.343 e. The summed E-state index contributed by atoms with van der Waals surface area (Å²) in [5.41, 5.74) is 1.54. The maximum absolute atomic E-state index is 13.3. The second kappa shape index (κ2) is 22.9. The van der Waals surface area contributed by atoms with E-state index in [0.717, 1.165) is 38.5 Å². The van der Waals surface area contributed by atoms with Gasteiger partial charge in [0, 0.05) is 5.56 Å². The van der Waals surface area contributed by atoms with Crippen molar-refractivity contribution in [3.63, 3.8) is 0 Å². The molecule has 3 rings (SSSR count). The number of hydrogen-bond donors (Lipinski definition) is 0. The molecule has 0 radical (unpaired) electrons. The van der Waals surface area contributed by atoms with Gasteiger partial charge in [-0.1, -0.05) is 95.4 Å². The third-order valence-electron chi connectivity index (χ3n) is 8.04. The molecule has 0 unspecified atom stereocenters. The number of esters is 2. The first-order valence-corrected chi connectivity index (χ1v) is 17.5. The molecule has 0 heterocycles. The van der Waals surface area contributed by atoms with Crippen molar-refractivity contribution in [2.45, 2.75) is 103 Å². The Kier molecular flexibility index (Phi) is 18.1. The fourth-order valence-electron chi connectivity index (χ4n) is 5.22. The predicted molar refractivity (Wildman–Crippen MR) is 190 cm³/mol. The van der Waals surface area contributed by atoms with Gasteiger partial charge in [0.1, 0.15) is 29.4 Å². The number of carbonyl (C=O) groups excluding carboxylic acids is 2. The van der Waals surface area contributed by atoms with Gasteiger partial charge in [-0.25, -0.2) is 9.59 Å². The number of unbranched alkanes of at least 4 members (excludes halogenated alkanes) is 12. The number of benzene rings is 3. The van der Waals surface area contributed by atoms with Gasteiger partial charge in [0.05, 0.1) is 30.4 Å². The Labute approximate surface area is 286 Å². The number of rotatable bonds is 24. The van der Waals surface area contributed by atoms with Crippen molar-refractivity contribution in [1.82, 2.24) is 0 Å². The van der Waals surface area contributed by atoms with Crippen LogP contribution in [0.1, 0.15) is 129 Å². The van der Waals surface area contributed by atoms with E-state index in [2.05, 4.69) is 19.6 Å². The lowest BCUT2D eigenvalue weighted by Gasteiger charge is -2.14. The van der Waals surface area contributed by atoms with Crippen molar-refractivity contribution >= 4 is 11.9 Å². The minimum Gasteiger partial charge on any atom is -0.494 e. The third-order valence-corrected chi connectivity index (χ3v) is 8.04. The fourth-order valence-corrected chi connectivity index (χ4v) is 5.22. The van der Waals surface area contributed by atoms with Gasteiger partial charge in [0.15, 0.2) is 0 Å². The highest BCUT2D eigenvalue weighted by Gasteiger charge is 2.19. The highest BCUT2D eigenvalue weighted by atomic mass is 16.5. The van der Waals surface area contributed by atoms with E-state index in [-0.39, 0.29) is 17.9 Å². The van der Waals surface area contributed by atoms with Crippen LogP contribution in [0, 0.1) is 11.3 Å². The molecular weight excluding hydrogens is 602 g/mol. The highest BCUT2D eigenvalue weighted by Crippen LogP contribution is 2.27. The number of nitriles is 1. The zero-order valence-electron chi connectivity index (χ0n) is 28.6. The Hall–Kier alpha value is -4.57. The van der Waals surface area contributed by atoms with Gasteiger partial charge >= 0.3 is 11.9 Å². The van der Waals surface area contributed by atoms with E-state index in [1.165, 1.54) is 57.4 Å². The molecule has 256 valence electrons. The van der Waals surface area contributed by atoms with Crippen LogP contribution in [-0.4, -0.2) is 25.2 Å². The summed E-state index contributed by atoms with van der Waals surface area (Å²) in [7, 11) is 0. The molecule has 0 saturated carbocycles. The largest absolute Gasteiger partial charge is 0.494 e. The summed E-state index contributed by atoms with van der Waals surface area (Å²) in [5, 5.41) is 9.41. The number of allylic oxidation sites excluding steroid dienone is 1. The van der Waals surface area contributed by atoms with Crippen molar-refractivity contribution in [2.75, 3.05) is 13.2 Å². The van der Waals surface area contributed by atoms with E-state index >= 15 is 0 Å². The smallest absolute Gasteiger partial charge is 0.343 e. The molecule has 0 aromatic heterocycles. The molecule has 0 amide bonds. The Morgan fingerprint density at radius 2 is 1.35 bits per heavy atom. The second-order valence-electron chi connectivity index (χ2n) is 11.9. The molecular formula is C41H51NO6. The average molecular weight is 654 g/mol. The summed E-state index contributed by atoms with van der Waals surface area (Å²) in [5.74, 6) is 0.0503. The molecule has 0 aliphatic heterocycles. The highest BCUT2D eigenvalue weighted by molar-refractivity contribution is 5.94. The summed E-state index contributed by atoms with van der Waals surface area (Å²) in [6.45, 7) is 6.99. The molecule has 7 heteroatoms. The number of carbonyl (C=O) groups is 2. The van der Waals surface area contributed by atoms with E-state index in [1.54, 1.807) is 60.7 Å². The lowest BCUT2D eigenvalue weighted by atomic mass is 10.1. The van der Waals surface area contributed by atoms with Crippen LogP contribution in [-0.2, 0) is 11.3 Å². The first kappa shape index (κ1) is 37.9. The van der Waals surface area contributed by atoms with Gasteiger partial charge in [-0.3, -0.25) is 0 Å². The van der Waals surface area contributed by atoms with Gasteiger partial charge in [-0.15, -0.1) is 6.58 Å². The van der Waals surface area contributed by atoms with Gasteiger partial charge in [-0.2, -0.15) is 5.26 Å². The predicted octanol–water partition coefficient (Wildman–Crippen LogP) is 10.6. The van der Waals surface area contributed by atoms with Crippen LogP contribution in [0.3, 0.4) is 0 Å². The van der Waals surface area contributed by atoms with Gasteiger partial charge in [0.25, 0.3) is 0 Å². The molecule has 0 saturated heterocycles. The van der Waals surface area contributed by atoms with Gasteiger partial charge in [-0.05, 0) is 74.2 Å². The first-order chi connectivity index (χ1) is 23.5. The molecule has 3 aromatic carbocycles. The average Bonchev–Trinajstić information content (AvgIpc) is 3.11. The minimum absolute atomic E-state index is 0.0773. The molecule has 0 bridgehead atoms. The van der Waals surface area contributed by atoms with E-state index in [0.29, 0.717) is 41.4 Å². The Balaban J connectivity index is 1.58. The minimum atomic E-state index is -0.637. The first-order valence-electron chi connectivity index (χ1n) is 17.5. The monoisotopic (exact) mass is 653 g/mol. The van der Waals surface area contributed by atoms with Crippen LogP contribution >= 0.6 is 0 Å². The van der Waals surface area contributed by atoms with Crippen LogP contribution in [0.5, 0.6) is 17.2 Å². The third kappa shape index (κ3) is 14.0. The summed E-state index contributed by atoms with van der Waals surface area (Å²) in [6, 6.07) is 20.6. The molecule has 48 heavy (non-hydrogen) atoms. The zero-order valence-corrected chi connectivity index (χ0v) is 28.6. The SMILES string of the molecule is C=CCCCCCCCCCOc1ccc(OC(=O)c2ccc(OCCCCCCCC)cc2)cc1C(=O)OCc1ccccc1C#N. The summed E-state index contributed by atoms with van der Waals surface area (Å²) in [4.78, 5) is 26.3. The summed E-state index contributed by atoms with van der Waals surface area (Å²) < 4.78 is 23.1. The molecule has 0 N–H and O–H groups in total. The maximum atomic E-state index is 13.3. The lowest BCUT2D eigenvalue weighted by molar-refractivity contribution is 0.0466. The van der Waals surface area contributed by atoms with Gasteiger partial charge < -0.3 is 18.9 Å². The molecule has 0 fully saturated rings. The molecule has 0 aliphatic carbocycles. The van der Waals surface area contributed by atoms with Crippen LogP contribution < -0.4 is 14.2 Å². The Bertz CT molecular complexity index is 1440. The van der Waals surface area contributed by atoms with Crippen molar-refractivity contribution in [1.29, 1.82) is 5.26 Å². The second-order valence-corrected chi connectivity index (χ2v) is 11.9. The van der Waals surface area contributed by atoms with Crippen LogP contribution in [0.15, 0.2) is 79.4 Å². The van der Waals surface area contributed by atoms with Crippen LogP contribution in [0.4, 0.5) is 0 Å². The number of nitrogens with zero attached hydrogens (tertiary/aromatic N) is 1. The van der Waals surface area contributed by atoms with E-state index < -0.39 is 11.9 Å². The molecule has 3 aromatic rings. The van der Waals surface area contributed by atoms with E-state index in [9.17, 15) is 14.9 Å². The topological polar surface area (TPSA) is 94.8 Å². The summed E-state index contributed by atoms with van der Waals surface area (Å²) in [6.07, 6.45) is 18.0. The van der Waals surface area contributed by atoms with E-state index in [4.69, 9.17) is 18.9 Å². The van der Waals surface area contributed by atoms with Crippen molar-refractivity contribution in [3.05, 3.63) is 102 Å². The molecule has 0 spiro atoms. The van der Waals surface area contributed by atoms with Crippen molar-refractivity contribution in [2.24, 2.45) is 0 Å². The Morgan fingerprint density at radius 3 is 2.04 bits per heavy atom. The Morgan fingerprint density at radius 1 is 0.729 bits per heavy atom. The fraction of sp³-hybridized carbons (Fsp3) is 0.439. The van der Waals surface area contributed by atoms with E-state index in [1.807, 2.05) is 6.08 Å². The van der Waals surface area contributed by atoms with Crippen molar-refractivity contribution in [3.8, 4) is 23.3 Å². The quantitative estimate of drug-likeness (QED) is 0.0411. The van der Waals surface area contributed by atoms with Gasteiger partial charge in [0.2, 0.25) is 0 Å². The normalized spacial score (nSPS) is 10.6. The standard InChI is InChI=1S/C41H51NO6/c1-3-5-7-9-11-12-13-15-19-29-46-39-27-26-37(30-38(39)41(44)47-32-35-21-17-16-20-34(35)31-42)48-40(43)33-22-24-36(25-23-33)45-28-18-14-10-8-6-4-2/h3,16-17,20-27,30H,1,4-15,18-19,28-29,32H2,2H3. The van der Waals surface area contributed by atoms with Crippen LogP contribution in [0.25, 0.3) is 0 Å². The zero-order chi connectivity index (χ0) is 34.2. The lowest BCUT2D eigenvalue weighted by Crippen LogP contribution is -2.12. The molecule has 0 atom stereocenters. The molecule has 7 nitrogen and oxygen atoms in total. The van der Waals surface area contributed by atoms with Crippen LogP contribution in [0.2, 0.25) is 0 Å². The number of ether oxygens (including phenoxy) is 4.